The average molecular weight is 330 g/mol. The van der Waals surface area contributed by atoms with Crippen molar-refractivity contribution in [1.29, 1.82) is 0 Å². The molecule has 0 unspecified atom stereocenters. The zero-order valence-electron chi connectivity index (χ0n) is 14.6. The molecule has 0 bridgehead atoms. The largest absolute Gasteiger partial charge is 0.508 e. The van der Waals surface area contributed by atoms with Crippen molar-refractivity contribution in [2.75, 3.05) is 0 Å². The molecule has 2 nitrogen and oxygen atoms in total. The summed E-state index contributed by atoms with van der Waals surface area (Å²) in [7, 11) is 0. The van der Waals surface area contributed by atoms with E-state index in [9.17, 15) is 9.90 Å². The van der Waals surface area contributed by atoms with E-state index in [2.05, 4.69) is 31.2 Å². The van der Waals surface area contributed by atoms with Gasteiger partial charge in [0.1, 0.15) is 5.75 Å². The van der Waals surface area contributed by atoms with E-state index in [4.69, 9.17) is 0 Å². The van der Waals surface area contributed by atoms with E-state index in [0.717, 1.165) is 16.7 Å². The molecule has 3 aromatic carbocycles. The van der Waals surface area contributed by atoms with E-state index >= 15 is 0 Å². The first-order chi connectivity index (χ1) is 12.0. The summed E-state index contributed by atoms with van der Waals surface area (Å²) in [5.74, 6) is 0.260. The third kappa shape index (κ3) is 3.48. The van der Waals surface area contributed by atoms with Crippen molar-refractivity contribution in [3.05, 3.63) is 101 Å². The van der Waals surface area contributed by atoms with Crippen LogP contribution in [0.15, 0.2) is 78.9 Å². The minimum atomic E-state index is -0.413. The van der Waals surface area contributed by atoms with Gasteiger partial charge in [0.2, 0.25) is 0 Å². The number of phenols is 1. The van der Waals surface area contributed by atoms with Crippen molar-refractivity contribution in [3.63, 3.8) is 0 Å². The maximum Gasteiger partial charge on any atom is 0.164 e. The number of aryl methyl sites for hydroxylation is 1. The van der Waals surface area contributed by atoms with Gasteiger partial charge in [-0.25, -0.2) is 0 Å². The van der Waals surface area contributed by atoms with E-state index < -0.39 is 5.41 Å². The van der Waals surface area contributed by atoms with E-state index in [-0.39, 0.29) is 11.5 Å². The lowest BCUT2D eigenvalue weighted by Gasteiger charge is -2.30. The number of hydrogen-bond donors (Lipinski definition) is 1. The van der Waals surface area contributed by atoms with Gasteiger partial charge < -0.3 is 5.11 Å². The molecule has 0 heterocycles. The first kappa shape index (κ1) is 17.0. The first-order valence-corrected chi connectivity index (χ1v) is 8.44. The van der Waals surface area contributed by atoms with Crippen molar-refractivity contribution in [2.24, 2.45) is 0 Å². The van der Waals surface area contributed by atoms with Gasteiger partial charge in [0.05, 0.1) is 0 Å². The molecule has 0 aliphatic heterocycles. The third-order valence-corrected chi connectivity index (χ3v) is 4.85. The highest BCUT2D eigenvalue weighted by Gasteiger charge is 2.32. The minimum absolute atomic E-state index is 0.0766. The van der Waals surface area contributed by atoms with Crippen molar-refractivity contribution in [3.8, 4) is 5.75 Å². The lowest BCUT2D eigenvalue weighted by molar-refractivity contribution is 0.0962. The highest BCUT2D eigenvalue weighted by molar-refractivity contribution is 5.98. The summed E-state index contributed by atoms with van der Waals surface area (Å²) in [6, 6.07) is 25.2. The van der Waals surface area contributed by atoms with Gasteiger partial charge in [0.25, 0.3) is 0 Å². The Labute approximate surface area is 148 Å². The Morgan fingerprint density at radius 3 is 1.88 bits per heavy atom. The second-order valence-electron chi connectivity index (χ2n) is 6.66. The average Bonchev–Trinajstić information content (AvgIpc) is 2.63. The van der Waals surface area contributed by atoms with Crippen molar-refractivity contribution < 1.29 is 9.90 Å². The molecule has 0 saturated carbocycles. The van der Waals surface area contributed by atoms with Gasteiger partial charge in [0, 0.05) is 17.4 Å². The van der Waals surface area contributed by atoms with Crippen LogP contribution >= 0.6 is 0 Å². The van der Waals surface area contributed by atoms with Gasteiger partial charge in [-0.2, -0.15) is 0 Å². The second kappa shape index (κ2) is 6.94. The molecule has 3 rings (SSSR count). The van der Waals surface area contributed by atoms with Gasteiger partial charge in [-0.3, -0.25) is 4.79 Å². The molecule has 0 aliphatic carbocycles. The number of carbonyl (C=O) groups excluding carboxylic acids is 1. The monoisotopic (exact) mass is 330 g/mol. The van der Waals surface area contributed by atoms with Crippen LogP contribution in [0.1, 0.15) is 40.4 Å². The van der Waals surface area contributed by atoms with Gasteiger partial charge in [-0.05, 0) is 41.8 Å². The lowest BCUT2D eigenvalue weighted by Crippen LogP contribution is -2.27. The predicted molar refractivity (Wildman–Crippen MR) is 101 cm³/mol. The molecule has 3 aromatic rings. The maximum absolute atomic E-state index is 13.1. The van der Waals surface area contributed by atoms with Crippen LogP contribution in [0.3, 0.4) is 0 Å². The quantitative estimate of drug-likeness (QED) is 0.646. The fourth-order valence-corrected chi connectivity index (χ4v) is 3.36. The summed E-state index contributed by atoms with van der Waals surface area (Å²) in [6.45, 7) is 3.97. The smallest absolute Gasteiger partial charge is 0.164 e. The summed E-state index contributed by atoms with van der Waals surface area (Å²) in [5, 5.41) is 9.60. The molecule has 0 atom stereocenters. The van der Waals surface area contributed by atoms with Crippen LogP contribution in [0.4, 0.5) is 0 Å². The molecule has 2 heteroatoms. The topological polar surface area (TPSA) is 37.3 Å². The molecule has 1 N–H and O–H groups in total. The summed E-state index contributed by atoms with van der Waals surface area (Å²) < 4.78 is 0. The van der Waals surface area contributed by atoms with Crippen LogP contribution in [0.5, 0.6) is 5.75 Å². The van der Waals surface area contributed by atoms with Crippen molar-refractivity contribution >= 4 is 5.78 Å². The van der Waals surface area contributed by atoms with Crippen LogP contribution in [-0.2, 0) is 5.41 Å². The van der Waals surface area contributed by atoms with Crippen molar-refractivity contribution in [1.82, 2.24) is 0 Å². The molecule has 0 saturated heterocycles. The summed E-state index contributed by atoms with van der Waals surface area (Å²) in [4.78, 5) is 13.1. The Morgan fingerprint density at radius 2 is 1.40 bits per heavy atom. The second-order valence-corrected chi connectivity index (χ2v) is 6.66. The molecule has 0 aromatic heterocycles. The Kier molecular flexibility index (Phi) is 4.71. The molecule has 25 heavy (non-hydrogen) atoms. The Bertz CT molecular complexity index is 828. The van der Waals surface area contributed by atoms with E-state index in [1.807, 2.05) is 43.3 Å². The predicted octanol–water partition coefficient (Wildman–Crippen LogP) is 5.28. The number of carbonyl (C=O) groups is 1. The highest BCUT2D eigenvalue weighted by Crippen LogP contribution is 2.36. The van der Waals surface area contributed by atoms with E-state index in [1.165, 1.54) is 0 Å². The number of benzene rings is 3. The van der Waals surface area contributed by atoms with Crippen LogP contribution < -0.4 is 0 Å². The molecule has 0 radical (unpaired) electrons. The highest BCUT2D eigenvalue weighted by atomic mass is 16.3. The number of rotatable bonds is 5. The normalized spacial score (nSPS) is 11.3. The Morgan fingerprint density at radius 1 is 0.880 bits per heavy atom. The first-order valence-electron chi connectivity index (χ1n) is 8.44. The molecule has 126 valence electrons. The summed E-state index contributed by atoms with van der Waals surface area (Å²) in [6.07, 6.45) is 0.368. The maximum atomic E-state index is 13.1. The van der Waals surface area contributed by atoms with E-state index in [0.29, 0.717) is 12.0 Å². The number of ketones is 1. The summed E-state index contributed by atoms with van der Waals surface area (Å²) in [5.41, 5.74) is 3.28. The minimum Gasteiger partial charge on any atom is -0.508 e. The fraction of sp³-hybridized carbons (Fsp3) is 0.174. The standard InChI is InChI=1S/C23H22O2/c1-17-15-20(24)13-14-21(17)22(25)16-23(2,18-9-5-3-6-10-18)19-11-7-4-8-12-19/h3-15,24H,16H2,1-2H3. The zero-order valence-corrected chi connectivity index (χ0v) is 14.6. The lowest BCUT2D eigenvalue weighted by atomic mass is 9.72. The zero-order chi connectivity index (χ0) is 17.9. The molecular formula is C23H22O2. The van der Waals surface area contributed by atoms with Crippen molar-refractivity contribution in [2.45, 2.75) is 25.7 Å². The van der Waals surface area contributed by atoms with Crippen LogP contribution in [-0.4, -0.2) is 10.9 Å². The van der Waals surface area contributed by atoms with Crippen LogP contribution in [0, 0.1) is 6.92 Å². The molecule has 0 fully saturated rings. The number of hydrogen-bond acceptors (Lipinski definition) is 2. The SMILES string of the molecule is Cc1cc(O)ccc1C(=O)CC(C)(c1ccccc1)c1ccccc1. The van der Waals surface area contributed by atoms with Gasteiger partial charge in [-0.1, -0.05) is 67.6 Å². The van der Waals surface area contributed by atoms with Gasteiger partial charge in [-0.15, -0.1) is 0 Å². The molecule has 0 spiro atoms. The fourth-order valence-electron chi connectivity index (χ4n) is 3.36. The van der Waals surface area contributed by atoms with Gasteiger partial charge in [0.15, 0.2) is 5.78 Å². The van der Waals surface area contributed by atoms with Crippen LogP contribution in [0.2, 0.25) is 0 Å². The molecular weight excluding hydrogens is 308 g/mol. The van der Waals surface area contributed by atoms with Gasteiger partial charge >= 0.3 is 0 Å². The molecule has 0 amide bonds. The Hall–Kier alpha value is -2.87. The number of Topliss-reactive ketones (excluding diaryl/α,β-unsaturated/α-hetero) is 1. The van der Waals surface area contributed by atoms with Crippen LogP contribution in [0.25, 0.3) is 0 Å². The molecule has 0 aliphatic rings. The number of aromatic hydroxyl groups is 1. The summed E-state index contributed by atoms with van der Waals surface area (Å²) >= 11 is 0. The third-order valence-electron chi connectivity index (χ3n) is 4.85. The number of phenolic OH excluding ortho intramolecular Hbond substituents is 1. The Balaban J connectivity index is 2.03. The van der Waals surface area contributed by atoms with E-state index in [1.54, 1.807) is 18.2 Å².